The summed E-state index contributed by atoms with van der Waals surface area (Å²) in [5.74, 6) is -1.35. The number of allylic oxidation sites excluding steroid dienone is 2. The molecular formula is C23H20ClFO2. The van der Waals surface area contributed by atoms with Crippen molar-refractivity contribution in [2.24, 2.45) is 5.92 Å². The van der Waals surface area contributed by atoms with Crippen LogP contribution in [0.5, 0.6) is 0 Å². The molecular weight excluding hydrogens is 363 g/mol. The average Bonchev–Trinajstić information content (AvgIpc) is 2.86. The van der Waals surface area contributed by atoms with Crippen LogP contribution in [0.1, 0.15) is 43.2 Å². The third-order valence-corrected chi connectivity index (χ3v) is 5.99. The van der Waals surface area contributed by atoms with Gasteiger partial charge >= 0.3 is 0 Å². The molecule has 27 heavy (non-hydrogen) atoms. The van der Waals surface area contributed by atoms with E-state index in [-0.39, 0.29) is 17.5 Å². The number of ketones is 2. The molecule has 0 heterocycles. The first-order chi connectivity index (χ1) is 13.0. The van der Waals surface area contributed by atoms with Crippen LogP contribution in [0.25, 0.3) is 11.1 Å². The van der Waals surface area contributed by atoms with E-state index in [0.29, 0.717) is 35.4 Å². The summed E-state index contributed by atoms with van der Waals surface area (Å²) in [7, 11) is 0. The molecule has 1 fully saturated rings. The van der Waals surface area contributed by atoms with Gasteiger partial charge in [0, 0.05) is 16.5 Å². The van der Waals surface area contributed by atoms with Crippen LogP contribution >= 0.6 is 11.6 Å². The molecule has 0 aliphatic heterocycles. The molecule has 138 valence electrons. The summed E-state index contributed by atoms with van der Waals surface area (Å²) in [6.45, 7) is 2.00. The highest BCUT2D eigenvalue weighted by atomic mass is 35.5. The van der Waals surface area contributed by atoms with E-state index in [1.807, 2.05) is 31.2 Å². The van der Waals surface area contributed by atoms with Gasteiger partial charge in [-0.1, -0.05) is 36.7 Å². The summed E-state index contributed by atoms with van der Waals surface area (Å²) < 4.78 is 14.4. The van der Waals surface area contributed by atoms with E-state index in [0.717, 1.165) is 23.1 Å². The number of benzene rings is 2. The van der Waals surface area contributed by atoms with Gasteiger partial charge in [-0.15, -0.1) is 0 Å². The van der Waals surface area contributed by atoms with Crippen LogP contribution in [-0.4, -0.2) is 11.6 Å². The number of fused-ring (bicyclic) bond motifs is 4. The lowest BCUT2D eigenvalue weighted by Crippen LogP contribution is -2.25. The maximum absolute atomic E-state index is 14.4. The molecule has 2 aromatic carbocycles. The van der Waals surface area contributed by atoms with Crippen molar-refractivity contribution in [2.75, 3.05) is 0 Å². The molecule has 2 aromatic rings. The first kappa shape index (κ1) is 18.1. The fourth-order valence-corrected chi connectivity index (χ4v) is 4.40. The van der Waals surface area contributed by atoms with Gasteiger partial charge in [0.05, 0.1) is 0 Å². The molecule has 3 aliphatic carbocycles. The minimum atomic E-state index is -0.767. The number of halogens is 2. The third-order valence-electron chi connectivity index (χ3n) is 5.76. The molecule has 2 nitrogen and oxygen atoms in total. The van der Waals surface area contributed by atoms with Crippen LogP contribution in [-0.2, 0) is 16.0 Å². The molecule has 3 aliphatic rings. The minimum absolute atomic E-state index is 0.00665. The van der Waals surface area contributed by atoms with Crippen molar-refractivity contribution < 1.29 is 14.0 Å². The molecule has 2 atom stereocenters. The molecule has 5 rings (SSSR count). The third kappa shape index (κ3) is 3.14. The predicted octanol–water partition coefficient (Wildman–Crippen LogP) is 5.67. The van der Waals surface area contributed by atoms with Crippen molar-refractivity contribution in [3.05, 3.63) is 70.0 Å². The lowest BCUT2D eigenvalue weighted by molar-refractivity contribution is -0.128. The molecule has 0 aromatic heterocycles. The predicted molar refractivity (Wildman–Crippen MR) is 104 cm³/mol. The van der Waals surface area contributed by atoms with Gasteiger partial charge in [0.15, 0.2) is 11.6 Å². The van der Waals surface area contributed by atoms with Crippen molar-refractivity contribution in [3.8, 4) is 11.1 Å². The zero-order chi connectivity index (χ0) is 19.1. The van der Waals surface area contributed by atoms with Crippen LogP contribution in [0.4, 0.5) is 4.39 Å². The average molecular weight is 383 g/mol. The quantitative estimate of drug-likeness (QED) is 0.641. The Hall–Kier alpha value is -2.26. The van der Waals surface area contributed by atoms with Crippen molar-refractivity contribution in [3.63, 3.8) is 0 Å². The number of carbonyl (C=O) groups is 2. The lowest BCUT2D eigenvalue weighted by Gasteiger charge is -2.20. The van der Waals surface area contributed by atoms with Crippen LogP contribution in [0.2, 0.25) is 5.02 Å². The summed E-state index contributed by atoms with van der Waals surface area (Å²) in [5.41, 5.74) is 3.52. The summed E-state index contributed by atoms with van der Waals surface area (Å²) in [5, 5.41) is 0.333. The molecule has 0 saturated heterocycles. The lowest BCUT2D eigenvalue weighted by atomic mass is 9.82. The van der Waals surface area contributed by atoms with Gasteiger partial charge in [-0.2, -0.15) is 0 Å². The molecule has 2 bridgehead atoms. The smallest absolute Gasteiger partial charge is 0.173 e. The van der Waals surface area contributed by atoms with Crippen molar-refractivity contribution in [1.29, 1.82) is 0 Å². The second kappa shape index (κ2) is 7.05. The van der Waals surface area contributed by atoms with Crippen LogP contribution < -0.4 is 0 Å². The Bertz CT molecular complexity index is 976. The fraction of sp³-hybridized carbons (Fsp3) is 0.304. The molecule has 0 radical (unpaired) electrons. The van der Waals surface area contributed by atoms with Crippen LogP contribution in [0.3, 0.4) is 0 Å². The Morgan fingerprint density at radius 3 is 2.63 bits per heavy atom. The van der Waals surface area contributed by atoms with Gasteiger partial charge in [-0.25, -0.2) is 4.39 Å². The summed E-state index contributed by atoms with van der Waals surface area (Å²) in [4.78, 5) is 26.2. The van der Waals surface area contributed by atoms with Gasteiger partial charge in [-0.05, 0) is 72.2 Å². The molecule has 0 spiro atoms. The standard InChI is InChI=1S/C23H20ClFO2/c1-2-13-3-8-16(18-10-9-17(24)12-20(18)25)11-19(13)21-22(26)14-4-5-15(7-6-14)23(21)27/h3-4,8-12,15,21H,2,5-7H2,1H3/t15-,21?/m1/s1. The second-order valence-corrected chi connectivity index (χ2v) is 7.73. The topological polar surface area (TPSA) is 34.1 Å². The summed E-state index contributed by atoms with van der Waals surface area (Å²) >= 11 is 5.86. The number of aryl methyl sites for hydroxylation is 1. The Kier molecular flexibility index (Phi) is 4.73. The minimum Gasteiger partial charge on any atom is -0.298 e. The molecule has 0 amide bonds. The highest BCUT2D eigenvalue weighted by Gasteiger charge is 2.41. The maximum Gasteiger partial charge on any atom is 0.173 e. The molecule has 4 heteroatoms. The molecule has 0 N–H and O–H groups in total. The first-order valence-electron chi connectivity index (χ1n) is 9.34. The zero-order valence-electron chi connectivity index (χ0n) is 15.1. The Balaban J connectivity index is 1.85. The number of Topliss-reactive ketones (excluding diaryl/α,β-unsaturated/α-hetero) is 2. The fourth-order valence-electron chi connectivity index (χ4n) is 4.24. The van der Waals surface area contributed by atoms with E-state index in [9.17, 15) is 14.0 Å². The van der Waals surface area contributed by atoms with Gasteiger partial charge in [0.1, 0.15) is 11.7 Å². The normalized spacial score (nSPS) is 22.0. The number of hydrogen-bond acceptors (Lipinski definition) is 2. The van der Waals surface area contributed by atoms with Gasteiger partial charge < -0.3 is 0 Å². The number of hydrogen-bond donors (Lipinski definition) is 0. The SMILES string of the molecule is CCc1ccc(-c2ccc(Cl)cc2F)cc1C1C(=O)C2=CC[C@H](CC2)C1=O. The second-order valence-electron chi connectivity index (χ2n) is 7.29. The largest absolute Gasteiger partial charge is 0.298 e. The first-order valence-corrected chi connectivity index (χ1v) is 9.72. The van der Waals surface area contributed by atoms with Crippen molar-refractivity contribution in [1.82, 2.24) is 0 Å². The highest BCUT2D eigenvalue weighted by Crippen LogP contribution is 2.40. The highest BCUT2D eigenvalue weighted by molar-refractivity contribution is 6.30. The van der Waals surface area contributed by atoms with Crippen molar-refractivity contribution >= 4 is 23.2 Å². The van der Waals surface area contributed by atoms with E-state index in [1.165, 1.54) is 6.07 Å². The van der Waals surface area contributed by atoms with Gasteiger partial charge in [0.2, 0.25) is 0 Å². The van der Waals surface area contributed by atoms with E-state index in [2.05, 4.69) is 0 Å². The Morgan fingerprint density at radius 1 is 1.15 bits per heavy atom. The van der Waals surface area contributed by atoms with E-state index >= 15 is 0 Å². The Labute approximate surface area is 163 Å². The van der Waals surface area contributed by atoms with Gasteiger partial charge in [0.25, 0.3) is 0 Å². The number of rotatable bonds is 3. The maximum atomic E-state index is 14.4. The zero-order valence-corrected chi connectivity index (χ0v) is 15.9. The number of carbonyl (C=O) groups excluding carboxylic acids is 2. The van der Waals surface area contributed by atoms with Crippen LogP contribution in [0.15, 0.2) is 48.0 Å². The molecule has 1 saturated carbocycles. The summed E-state index contributed by atoms with van der Waals surface area (Å²) in [6.07, 6.45) is 4.73. The van der Waals surface area contributed by atoms with Crippen LogP contribution in [0, 0.1) is 11.7 Å². The Morgan fingerprint density at radius 2 is 1.96 bits per heavy atom. The van der Waals surface area contributed by atoms with E-state index < -0.39 is 11.7 Å². The monoisotopic (exact) mass is 382 g/mol. The van der Waals surface area contributed by atoms with Gasteiger partial charge in [-0.3, -0.25) is 9.59 Å². The van der Waals surface area contributed by atoms with E-state index in [4.69, 9.17) is 11.6 Å². The van der Waals surface area contributed by atoms with E-state index in [1.54, 1.807) is 12.1 Å². The molecule has 1 unspecified atom stereocenters. The summed E-state index contributed by atoms with van der Waals surface area (Å²) in [6, 6.07) is 10.1. The van der Waals surface area contributed by atoms with Crippen molar-refractivity contribution in [2.45, 2.75) is 38.5 Å².